The molecule has 0 radical (unpaired) electrons. The Labute approximate surface area is 158 Å². The summed E-state index contributed by atoms with van der Waals surface area (Å²) in [5, 5.41) is 8.14. The summed E-state index contributed by atoms with van der Waals surface area (Å²) in [6.07, 6.45) is 0. The van der Waals surface area contributed by atoms with Gasteiger partial charge in [0.1, 0.15) is 0 Å². The summed E-state index contributed by atoms with van der Waals surface area (Å²) in [7, 11) is 3.90. The van der Waals surface area contributed by atoms with Gasteiger partial charge in [-0.15, -0.1) is 0 Å². The highest BCUT2D eigenvalue weighted by Crippen LogP contribution is 2.24. The number of hydrogen-bond donors (Lipinski definition) is 3. The van der Waals surface area contributed by atoms with Gasteiger partial charge in [-0.25, -0.2) is 0 Å². The zero-order chi connectivity index (χ0) is 20.1. The quantitative estimate of drug-likeness (QED) is 0.756. The van der Waals surface area contributed by atoms with Gasteiger partial charge in [0.05, 0.1) is 0 Å². The van der Waals surface area contributed by atoms with E-state index in [0.717, 1.165) is 11.3 Å². The van der Waals surface area contributed by atoms with Gasteiger partial charge in [0.25, 0.3) is 5.91 Å². The molecule has 0 aliphatic heterocycles. The van der Waals surface area contributed by atoms with Crippen LogP contribution in [0.25, 0.3) is 0 Å². The van der Waals surface area contributed by atoms with E-state index in [1.165, 1.54) is 13.8 Å². The number of anilines is 4. The number of nitrogens with zero attached hydrogens (tertiary/aromatic N) is 1. The average molecular weight is 368 g/mol. The highest BCUT2D eigenvalue weighted by molar-refractivity contribution is 6.07. The zero-order valence-electron chi connectivity index (χ0n) is 16.1. The summed E-state index contributed by atoms with van der Waals surface area (Å²) >= 11 is 0. The van der Waals surface area contributed by atoms with Crippen LogP contribution >= 0.6 is 0 Å². The van der Waals surface area contributed by atoms with Crippen molar-refractivity contribution in [2.45, 2.75) is 20.8 Å². The number of hydrogen-bond acceptors (Lipinski definition) is 4. The van der Waals surface area contributed by atoms with Gasteiger partial charge in [0.2, 0.25) is 11.8 Å². The van der Waals surface area contributed by atoms with Crippen LogP contribution in [0, 0.1) is 6.92 Å². The van der Waals surface area contributed by atoms with Crippen LogP contribution < -0.4 is 20.9 Å². The first-order valence-electron chi connectivity index (χ1n) is 8.45. The predicted octanol–water partition coefficient (Wildman–Crippen LogP) is 3.23. The van der Waals surface area contributed by atoms with Gasteiger partial charge < -0.3 is 20.9 Å². The van der Waals surface area contributed by atoms with Gasteiger partial charge >= 0.3 is 0 Å². The first-order chi connectivity index (χ1) is 12.7. The fourth-order valence-corrected chi connectivity index (χ4v) is 2.57. The molecular formula is C20H24N4O3. The number of amides is 3. The van der Waals surface area contributed by atoms with Gasteiger partial charge in [0, 0.05) is 56.3 Å². The number of rotatable bonds is 5. The SMILES string of the molecule is CC(=O)Nc1cc(NC(C)=O)cc(C(=O)Nc2ccc(N(C)C)cc2C)c1. The normalized spacial score (nSPS) is 10.1. The molecule has 0 aliphatic rings. The Bertz CT molecular complexity index is 857. The fraction of sp³-hybridized carbons (Fsp3) is 0.250. The monoisotopic (exact) mass is 368 g/mol. The van der Waals surface area contributed by atoms with E-state index < -0.39 is 0 Å². The van der Waals surface area contributed by atoms with E-state index in [9.17, 15) is 14.4 Å². The average Bonchev–Trinajstić information content (AvgIpc) is 2.54. The third-order valence-electron chi connectivity index (χ3n) is 3.81. The zero-order valence-corrected chi connectivity index (χ0v) is 16.1. The number of nitrogens with one attached hydrogen (secondary N) is 3. The van der Waals surface area contributed by atoms with E-state index in [0.29, 0.717) is 22.6 Å². The maximum absolute atomic E-state index is 12.7. The molecule has 2 rings (SSSR count). The second kappa shape index (κ2) is 8.35. The number of aryl methyl sites for hydroxylation is 1. The molecular weight excluding hydrogens is 344 g/mol. The van der Waals surface area contributed by atoms with Crippen molar-refractivity contribution in [2.24, 2.45) is 0 Å². The predicted molar refractivity (Wildman–Crippen MR) is 109 cm³/mol. The van der Waals surface area contributed by atoms with Gasteiger partial charge in [-0.2, -0.15) is 0 Å². The molecule has 2 aromatic rings. The van der Waals surface area contributed by atoms with Crippen molar-refractivity contribution >= 4 is 40.5 Å². The smallest absolute Gasteiger partial charge is 0.255 e. The molecule has 7 nitrogen and oxygen atoms in total. The molecule has 0 spiro atoms. The van der Waals surface area contributed by atoms with Crippen LogP contribution in [0.4, 0.5) is 22.7 Å². The Morgan fingerprint density at radius 1 is 0.815 bits per heavy atom. The molecule has 0 heterocycles. The topological polar surface area (TPSA) is 90.5 Å². The summed E-state index contributed by atoms with van der Waals surface area (Å²) in [5.41, 5.74) is 3.83. The van der Waals surface area contributed by atoms with E-state index in [4.69, 9.17) is 0 Å². The summed E-state index contributed by atoms with van der Waals surface area (Å²) < 4.78 is 0. The van der Waals surface area contributed by atoms with Crippen LogP contribution in [-0.2, 0) is 9.59 Å². The summed E-state index contributed by atoms with van der Waals surface area (Å²) in [6.45, 7) is 4.67. The van der Waals surface area contributed by atoms with Crippen molar-refractivity contribution in [3.8, 4) is 0 Å². The summed E-state index contributed by atoms with van der Waals surface area (Å²) in [5.74, 6) is -0.873. The van der Waals surface area contributed by atoms with Crippen molar-refractivity contribution in [2.75, 3.05) is 34.9 Å². The lowest BCUT2D eigenvalue weighted by Crippen LogP contribution is -2.16. The first kappa shape index (κ1) is 20.0. The van der Waals surface area contributed by atoms with Gasteiger partial charge in [-0.3, -0.25) is 14.4 Å². The Kier molecular flexibility index (Phi) is 6.18. The molecule has 3 N–H and O–H groups in total. The van der Waals surface area contributed by atoms with Crippen molar-refractivity contribution in [3.05, 3.63) is 47.5 Å². The highest BCUT2D eigenvalue weighted by atomic mass is 16.2. The molecule has 0 bridgehead atoms. The lowest BCUT2D eigenvalue weighted by Gasteiger charge is -2.16. The molecule has 0 unspecified atom stereocenters. The minimum atomic E-state index is -0.338. The maximum atomic E-state index is 12.7. The van der Waals surface area contributed by atoms with Crippen LogP contribution in [0.3, 0.4) is 0 Å². The lowest BCUT2D eigenvalue weighted by atomic mass is 10.1. The van der Waals surface area contributed by atoms with E-state index in [2.05, 4.69) is 16.0 Å². The minimum Gasteiger partial charge on any atom is -0.378 e. The Balaban J connectivity index is 2.31. The molecule has 0 aromatic heterocycles. The number of carbonyl (C=O) groups is 3. The van der Waals surface area contributed by atoms with Crippen LogP contribution in [0.2, 0.25) is 0 Å². The van der Waals surface area contributed by atoms with Gasteiger partial charge in [-0.05, 0) is 48.9 Å². The van der Waals surface area contributed by atoms with Gasteiger partial charge in [-0.1, -0.05) is 0 Å². The van der Waals surface area contributed by atoms with Crippen molar-refractivity contribution in [3.63, 3.8) is 0 Å². The molecule has 27 heavy (non-hydrogen) atoms. The van der Waals surface area contributed by atoms with Gasteiger partial charge in [0.15, 0.2) is 0 Å². The molecule has 0 saturated heterocycles. The van der Waals surface area contributed by atoms with E-state index in [1.54, 1.807) is 18.2 Å². The maximum Gasteiger partial charge on any atom is 0.255 e. The third kappa shape index (κ3) is 5.57. The molecule has 0 saturated carbocycles. The molecule has 2 aromatic carbocycles. The van der Waals surface area contributed by atoms with E-state index >= 15 is 0 Å². The standard InChI is InChI=1S/C20H24N4O3/c1-12-8-18(24(4)5)6-7-19(12)23-20(27)15-9-16(21-13(2)25)11-17(10-15)22-14(3)26/h6-11H,1-5H3,(H,21,25)(H,22,26)(H,23,27). The number of carbonyl (C=O) groups excluding carboxylic acids is 3. The van der Waals surface area contributed by atoms with Crippen LogP contribution in [-0.4, -0.2) is 31.8 Å². The second-order valence-electron chi connectivity index (χ2n) is 6.51. The van der Waals surface area contributed by atoms with Crippen molar-refractivity contribution in [1.82, 2.24) is 0 Å². The molecule has 0 aliphatic carbocycles. The first-order valence-corrected chi connectivity index (χ1v) is 8.45. The Morgan fingerprint density at radius 3 is 1.81 bits per heavy atom. The van der Waals surface area contributed by atoms with Crippen molar-refractivity contribution in [1.29, 1.82) is 0 Å². The molecule has 142 valence electrons. The largest absolute Gasteiger partial charge is 0.378 e. The minimum absolute atomic E-state index is 0.267. The van der Waals surface area contributed by atoms with Crippen LogP contribution in [0.15, 0.2) is 36.4 Å². The Morgan fingerprint density at radius 2 is 1.37 bits per heavy atom. The lowest BCUT2D eigenvalue weighted by molar-refractivity contribution is -0.115. The van der Waals surface area contributed by atoms with Crippen LogP contribution in [0.5, 0.6) is 0 Å². The molecule has 3 amide bonds. The summed E-state index contributed by atoms with van der Waals surface area (Å²) in [4.78, 5) is 37.4. The molecule has 0 fully saturated rings. The number of benzene rings is 2. The van der Waals surface area contributed by atoms with E-state index in [-0.39, 0.29) is 17.7 Å². The second-order valence-corrected chi connectivity index (χ2v) is 6.51. The Hall–Kier alpha value is -3.35. The van der Waals surface area contributed by atoms with E-state index in [1.807, 2.05) is 44.1 Å². The molecule has 0 atom stereocenters. The highest BCUT2D eigenvalue weighted by Gasteiger charge is 2.12. The fourth-order valence-electron chi connectivity index (χ4n) is 2.57. The molecule has 7 heteroatoms. The van der Waals surface area contributed by atoms with Crippen LogP contribution in [0.1, 0.15) is 29.8 Å². The third-order valence-corrected chi connectivity index (χ3v) is 3.81. The summed E-state index contributed by atoms with van der Waals surface area (Å²) in [6, 6.07) is 10.5. The van der Waals surface area contributed by atoms with Crippen molar-refractivity contribution < 1.29 is 14.4 Å².